The molecule has 0 aliphatic heterocycles. The Morgan fingerprint density at radius 3 is 1.39 bits per heavy atom. The lowest BCUT2D eigenvalue weighted by molar-refractivity contribution is 0.419. The first-order valence-corrected chi connectivity index (χ1v) is 23.7. The van der Waals surface area contributed by atoms with Crippen LogP contribution in [0, 0.1) is 13.8 Å². The summed E-state index contributed by atoms with van der Waals surface area (Å²) in [6, 6.07) is 47.4. The van der Waals surface area contributed by atoms with Gasteiger partial charge in [-0.15, -0.1) is 0 Å². The number of phenolic OH excluding ortho intramolecular Hbond substituents is 1. The van der Waals surface area contributed by atoms with Crippen LogP contribution in [0.2, 0.25) is 15.2 Å². The number of aromatic hydroxyl groups is 1. The number of nitrogen functional groups attached to an aromatic ring is 3. The molecule has 0 radical (unpaired) electrons. The van der Waals surface area contributed by atoms with Crippen molar-refractivity contribution < 1.29 is 19.3 Å². The summed E-state index contributed by atoms with van der Waals surface area (Å²) in [6.07, 6.45) is 0. The number of fused-ring (bicyclic) bond motifs is 4. The summed E-state index contributed by atoms with van der Waals surface area (Å²) in [7, 11) is 10.8. The summed E-state index contributed by atoms with van der Waals surface area (Å²) in [5, 5.41) is 25.0. The van der Waals surface area contributed by atoms with Crippen LogP contribution in [0.15, 0.2) is 146 Å². The third kappa shape index (κ3) is 14.1. The van der Waals surface area contributed by atoms with E-state index in [4.69, 9.17) is 66.2 Å². The second-order valence-electron chi connectivity index (χ2n) is 16.0. The number of phenols is 1. The normalized spacial score (nSPS) is 10.2. The van der Waals surface area contributed by atoms with E-state index in [0.29, 0.717) is 33.9 Å². The Morgan fingerprint density at radius 1 is 0.500 bits per heavy atom. The smallest absolute Gasteiger partial charge is 0.157 e. The van der Waals surface area contributed by atoms with Crippen LogP contribution in [0.5, 0.6) is 23.0 Å². The average Bonchev–Trinajstić information content (AvgIpc) is 3.40. The van der Waals surface area contributed by atoms with Gasteiger partial charge in [-0.05, 0) is 132 Å². The van der Waals surface area contributed by atoms with Crippen molar-refractivity contribution in [1.29, 1.82) is 0 Å². The van der Waals surface area contributed by atoms with Gasteiger partial charge in [0.15, 0.2) is 11.0 Å². The van der Waals surface area contributed by atoms with Crippen LogP contribution in [-0.4, -0.2) is 67.5 Å². The van der Waals surface area contributed by atoms with E-state index in [0.717, 1.165) is 66.6 Å². The third-order valence-electron chi connectivity index (χ3n) is 11.2. The summed E-state index contributed by atoms with van der Waals surface area (Å²) in [4.78, 5) is 17.9. The van der Waals surface area contributed by atoms with E-state index in [-0.39, 0.29) is 29.2 Å². The number of rotatable bonds is 7. The summed E-state index contributed by atoms with van der Waals surface area (Å²) in [6.45, 7) is 3.48. The lowest BCUT2D eigenvalue weighted by Gasteiger charge is -2.21. The number of hydrogen-bond acceptors (Lipinski definition) is 14. The number of nitrogens with two attached hydrogens (primary N) is 3. The van der Waals surface area contributed by atoms with Crippen molar-refractivity contribution in [2.75, 3.05) is 75.2 Å². The highest BCUT2D eigenvalue weighted by Crippen LogP contribution is 2.35. The molecule has 0 unspecified atom stereocenters. The lowest BCUT2D eigenvalue weighted by atomic mass is 10.1. The highest BCUT2D eigenvalue weighted by atomic mass is 35.5. The van der Waals surface area contributed by atoms with Gasteiger partial charge in [0.1, 0.15) is 56.3 Å². The van der Waals surface area contributed by atoms with Crippen LogP contribution >= 0.6 is 34.8 Å². The van der Waals surface area contributed by atoms with E-state index < -0.39 is 0 Å². The number of halogens is 3. The van der Waals surface area contributed by atoms with Crippen LogP contribution in [0.25, 0.3) is 43.1 Å². The zero-order chi connectivity index (χ0) is 52.8. The highest BCUT2D eigenvalue weighted by Gasteiger charge is 2.15. The van der Waals surface area contributed by atoms with Crippen molar-refractivity contribution in [2.45, 2.75) is 21.3 Å². The molecular formula is C57H61Cl3N10O4. The van der Waals surface area contributed by atoms with Gasteiger partial charge in [0.25, 0.3) is 0 Å². The quantitative estimate of drug-likeness (QED) is 0.0649. The lowest BCUT2D eigenvalue weighted by Crippen LogP contribution is -2.14. The fourth-order valence-electron chi connectivity index (χ4n) is 7.54. The monoisotopic (exact) mass is 1050 g/mol. The Bertz CT molecular complexity index is 3400. The number of ether oxygens (including phenoxy) is 3. The van der Waals surface area contributed by atoms with Gasteiger partial charge in [0.2, 0.25) is 0 Å². The average molecular weight is 1060 g/mol. The Kier molecular flexibility index (Phi) is 20.3. The van der Waals surface area contributed by atoms with E-state index in [1.165, 1.54) is 10.8 Å². The van der Waals surface area contributed by atoms with Crippen molar-refractivity contribution in [2.24, 2.45) is 0 Å². The maximum Gasteiger partial charge on any atom is 0.157 e. The van der Waals surface area contributed by atoms with Gasteiger partial charge >= 0.3 is 0 Å². The molecule has 2 aromatic heterocycles. The maximum atomic E-state index is 9.42. The number of aromatic nitrogens is 4. The Morgan fingerprint density at radius 2 is 0.919 bits per heavy atom. The predicted molar refractivity (Wildman–Crippen MR) is 313 cm³/mol. The first-order chi connectivity index (χ1) is 35.1. The molecular weight excluding hydrogens is 995 g/mol. The van der Waals surface area contributed by atoms with Gasteiger partial charge in [0, 0.05) is 65.4 Å². The van der Waals surface area contributed by atoms with Crippen LogP contribution in [0.3, 0.4) is 0 Å². The van der Waals surface area contributed by atoms with Gasteiger partial charge < -0.3 is 52.1 Å². The maximum absolute atomic E-state index is 9.42. The molecule has 0 aliphatic carbocycles. The molecule has 9 N–H and O–H groups in total. The molecule has 17 heteroatoms. The molecule has 0 saturated heterocycles. The zero-order valence-corrected chi connectivity index (χ0v) is 43.9. The van der Waals surface area contributed by atoms with Crippen molar-refractivity contribution in [1.82, 2.24) is 19.9 Å². The van der Waals surface area contributed by atoms with Gasteiger partial charge in [-0.1, -0.05) is 90.8 Å². The minimum Gasteiger partial charge on any atom is -0.507 e. The molecule has 0 aliphatic rings. The molecule has 10 aromatic rings. The first kappa shape index (κ1) is 56.7. The Labute approximate surface area is 447 Å². The topological polar surface area (TPSA) is 205 Å². The van der Waals surface area contributed by atoms with Crippen LogP contribution in [0.1, 0.15) is 19.1 Å². The number of anilines is 7. The van der Waals surface area contributed by atoms with Crippen LogP contribution < -0.4 is 46.9 Å². The van der Waals surface area contributed by atoms with Crippen molar-refractivity contribution in [3.8, 4) is 23.0 Å². The van der Waals surface area contributed by atoms with Crippen molar-refractivity contribution in [3.63, 3.8) is 0 Å². The summed E-state index contributed by atoms with van der Waals surface area (Å²) in [5.74, 6) is 5.17. The fourth-order valence-corrected chi connectivity index (χ4v) is 8.06. The second kappa shape index (κ2) is 26.5. The summed E-state index contributed by atoms with van der Waals surface area (Å²) in [5.41, 5.74) is 20.7. The summed E-state index contributed by atoms with van der Waals surface area (Å²) < 4.78 is 16.0. The number of aryl methyl sites for hydroxylation is 2. The zero-order valence-electron chi connectivity index (χ0n) is 41.6. The number of nitrogens with one attached hydrogen (secondary N) is 2. The van der Waals surface area contributed by atoms with Crippen molar-refractivity contribution in [3.05, 3.63) is 172 Å². The molecule has 0 bridgehead atoms. The number of nitrogens with zero attached hydrogens (tertiary/aromatic N) is 5. The number of methoxy groups -OCH3 is 3. The SMILES string of the molecule is C.CNc1ccc2c(OC)cccc2c1.CNc1ccc2c(OC)cccc2c1.COc1cccc2cc(N(C)c3nc(C)nc(N)c3Cl)ccc12.Cc1nc(N)c(Cl)c(Cl)n1.Nc1ccc2c(O)cccc2c1. The molecule has 74 heavy (non-hydrogen) atoms. The number of benzene rings is 8. The molecule has 0 saturated carbocycles. The van der Waals surface area contributed by atoms with E-state index in [1.807, 2.05) is 111 Å². The molecule has 14 nitrogen and oxygen atoms in total. The van der Waals surface area contributed by atoms with Gasteiger partial charge in [-0.3, -0.25) is 0 Å². The Balaban J connectivity index is 0.000000176. The summed E-state index contributed by atoms with van der Waals surface area (Å²) >= 11 is 17.4. The van der Waals surface area contributed by atoms with Crippen LogP contribution in [-0.2, 0) is 0 Å². The molecule has 384 valence electrons. The molecule has 0 spiro atoms. The molecule has 0 fully saturated rings. The van der Waals surface area contributed by atoms with Gasteiger partial charge in [0.05, 0.1) is 21.3 Å². The van der Waals surface area contributed by atoms with Gasteiger partial charge in [-0.25, -0.2) is 19.9 Å². The molecule has 10 rings (SSSR count). The molecule has 0 atom stereocenters. The van der Waals surface area contributed by atoms with Crippen molar-refractivity contribution >= 4 is 118 Å². The van der Waals surface area contributed by atoms with Crippen LogP contribution in [0.4, 0.5) is 40.2 Å². The Hall–Kier alpha value is -8.17. The highest BCUT2D eigenvalue weighted by molar-refractivity contribution is 6.42. The second-order valence-corrected chi connectivity index (χ2v) is 17.1. The predicted octanol–water partition coefficient (Wildman–Crippen LogP) is 14.2. The fraction of sp³-hybridized carbons (Fsp3) is 0.158. The molecule has 0 amide bonds. The number of hydrogen-bond donors (Lipinski definition) is 6. The third-order valence-corrected chi connectivity index (χ3v) is 12.4. The van der Waals surface area contributed by atoms with E-state index >= 15 is 0 Å². The van der Waals surface area contributed by atoms with E-state index in [2.05, 4.69) is 73.0 Å². The van der Waals surface area contributed by atoms with Gasteiger partial charge in [-0.2, -0.15) is 0 Å². The minimum atomic E-state index is 0. The largest absolute Gasteiger partial charge is 0.507 e. The minimum absolute atomic E-state index is 0. The molecule has 8 aromatic carbocycles. The van der Waals surface area contributed by atoms with E-state index in [1.54, 1.807) is 53.4 Å². The standard InChI is InChI=1S/C17H17ClN4O.2C12H13NO.C10H9NO.C5H5Cl2N3.CH4/c1-10-20-16(19)15(18)17(21-10)22(2)12-7-8-13-11(9-12)5-4-6-14(13)23-3;2*1-13-10-6-7-11-9(8-10)4-3-5-12(11)14-2;11-8-4-5-9-7(6-8)2-1-3-10(9)12;1-2-9-4(7)3(6)5(8)10-2;/h4-9H,1-3H3,(H2,19,20,21);2*3-8,13H,1-2H3;1-6,12H,11H2;1H3,(H2,8,9,10);1H4. The molecule has 2 heterocycles. The van der Waals surface area contributed by atoms with E-state index in [9.17, 15) is 5.11 Å². The first-order valence-electron chi connectivity index (χ1n) is 22.6.